The van der Waals surface area contributed by atoms with Crippen LogP contribution in [0.15, 0.2) is 81.9 Å². The molecule has 0 radical (unpaired) electrons. The zero-order chi connectivity index (χ0) is 21.8. The highest BCUT2D eigenvalue weighted by Crippen LogP contribution is 2.37. The van der Waals surface area contributed by atoms with Gasteiger partial charge in [0.05, 0.1) is 18.2 Å². The third-order valence-corrected chi connectivity index (χ3v) is 5.28. The first kappa shape index (κ1) is 20.5. The fraction of sp³-hybridized carbons (Fsp3) is 0.292. The van der Waals surface area contributed by atoms with Crippen molar-refractivity contribution in [2.75, 3.05) is 0 Å². The minimum atomic E-state index is -0.270. The predicted molar refractivity (Wildman–Crippen MR) is 120 cm³/mol. The third-order valence-electron chi connectivity index (χ3n) is 5.28. The van der Waals surface area contributed by atoms with Crippen LogP contribution < -0.4 is 15.8 Å². The summed E-state index contributed by atoms with van der Waals surface area (Å²) in [6.07, 6.45) is 9.76. The van der Waals surface area contributed by atoms with Crippen LogP contribution in [-0.2, 0) is 11.2 Å². The monoisotopic (exact) mass is 415 g/mol. The Morgan fingerprint density at radius 1 is 1.35 bits per heavy atom. The molecule has 2 aliphatic carbocycles. The van der Waals surface area contributed by atoms with Gasteiger partial charge in [0, 0.05) is 5.57 Å². The first-order valence-corrected chi connectivity index (χ1v) is 10.2. The Balaban J connectivity index is 1.49. The molecule has 158 valence electrons. The lowest BCUT2D eigenvalue weighted by Gasteiger charge is -2.22. The molecule has 7 nitrogen and oxygen atoms in total. The fourth-order valence-electron chi connectivity index (χ4n) is 3.51. The lowest BCUT2D eigenvalue weighted by Crippen LogP contribution is -2.41. The Morgan fingerprint density at radius 3 is 2.84 bits per heavy atom. The van der Waals surface area contributed by atoms with Gasteiger partial charge in [-0.05, 0) is 67.7 Å². The Bertz CT molecular complexity index is 1050. The molecule has 2 unspecified atom stereocenters. The molecule has 0 aromatic heterocycles. The second kappa shape index (κ2) is 8.92. The Kier molecular flexibility index (Phi) is 5.89. The third kappa shape index (κ3) is 5.04. The lowest BCUT2D eigenvalue weighted by atomic mass is 10.0. The zero-order valence-corrected chi connectivity index (χ0v) is 17.4. The van der Waals surface area contributed by atoms with Gasteiger partial charge in [0.25, 0.3) is 0 Å². The van der Waals surface area contributed by atoms with Crippen LogP contribution in [0, 0.1) is 17.2 Å². The molecule has 1 fully saturated rings. The maximum absolute atomic E-state index is 8.78. The standard InChI is InChI=1S/C24H25N5O2/c1-15-3-10-20(23(26)29-24-22(18-6-7-18)27-14-30-24)21(13-15)28-16(2)31-19-8-4-17(5-9-19)11-12-25/h3-5,8-10,13-14,18,22,24,29H,2,6-7,11,26H2,1H3/b23-20+,28-21-. The minimum absolute atomic E-state index is 0.0895. The van der Waals surface area contributed by atoms with Gasteiger partial charge in [0.1, 0.15) is 17.6 Å². The maximum Gasteiger partial charge on any atom is 0.212 e. The molecule has 31 heavy (non-hydrogen) atoms. The molecule has 7 heteroatoms. The molecule has 0 spiro atoms. The van der Waals surface area contributed by atoms with Gasteiger partial charge in [-0.1, -0.05) is 18.2 Å². The van der Waals surface area contributed by atoms with Crippen molar-refractivity contribution in [2.24, 2.45) is 21.6 Å². The van der Waals surface area contributed by atoms with E-state index in [1.165, 1.54) is 19.2 Å². The molecule has 2 atom stereocenters. The molecular formula is C24H25N5O2. The number of nitriles is 1. The van der Waals surface area contributed by atoms with E-state index in [-0.39, 0.29) is 18.2 Å². The molecule has 0 saturated heterocycles. The molecule has 0 bridgehead atoms. The maximum atomic E-state index is 8.78. The summed E-state index contributed by atoms with van der Waals surface area (Å²) >= 11 is 0. The molecule has 1 aromatic carbocycles. The van der Waals surface area contributed by atoms with E-state index < -0.39 is 0 Å². The number of rotatable bonds is 7. The van der Waals surface area contributed by atoms with E-state index in [2.05, 4.69) is 27.9 Å². The Hall–Kier alpha value is -3.79. The number of nitrogens with one attached hydrogen (secondary N) is 1. The summed E-state index contributed by atoms with van der Waals surface area (Å²) in [6, 6.07) is 9.49. The van der Waals surface area contributed by atoms with Crippen LogP contribution in [0.3, 0.4) is 0 Å². The van der Waals surface area contributed by atoms with E-state index in [0.29, 0.717) is 29.6 Å². The summed E-state index contributed by atoms with van der Waals surface area (Å²) in [6.45, 7) is 5.91. The number of hydrogen-bond donors (Lipinski definition) is 2. The van der Waals surface area contributed by atoms with Gasteiger partial charge >= 0.3 is 0 Å². The second-order valence-corrected chi connectivity index (χ2v) is 7.80. The van der Waals surface area contributed by atoms with Crippen LogP contribution in [0.1, 0.15) is 25.3 Å². The summed E-state index contributed by atoms with van der Waals surface area (Å²) in [7, 11) is 0. The summed E-state index contributed by atoms with van der Waals surface area (Å²) in [4.78, 5) is 8.98. The van der Waals surface area contributed by atoms with Crippen LogP contribution >= 0.6 is 0 Å². The van der Waals surface area contributed by atoms with E-state index in [1.54, 1.807) is 12.1 Å². The summed E-state index contributed by atoms with van der Waals surface area (Å²) in [5.74, 6) is 1.86. The summed E-state index contributed by atoms with van der Waals surface area (Å²) in [5, 5.41) is 12.0. The minimum Gasteiger partial charge on any atom is -0.458 e. The highest BCUT2D eigenvalue weighted by Gasteiger charge is 2.40. The normalized spacial score (nSPS) is 24.9. The van der Waals surface area contributed by atoms with Crippen LogP contribution in [0.4, 0.5) is 0 Å². The van der Waals surface area contributed by atoms with Crippen molar-refractivity contribution < 1.29 is 9.47 Å². The number of aliphatic imine (C=N–C) groups is 2. The molecule has 3 N–H and O–H groups in total. The number of benzene rings is 1. The molecule has 4 rings (SSSR count). The number of allylic oxidation sites excluding steroid dienone is 5. The molecular weight excluding hydrogens is 390 g/mol. The van der Waals surface area contributed by atoms with E-state index in [4.69, 9.17) is 20.5 Å². The second-order valence-electron chi connectivity index (χ2n) is 7.80. The quantitative estimate of drug-likeness (QED) is 0.664. The molecule has 0 amide bonds. The van der Waals surface area contributed by atoms with Crippen molar-refractivity contribution in [3.05, 3.63) is 77.5 Å². The van der Waals surface area contributed by atoms with Gasteiger partial charge in [-0.15, -0.1) is 0 Å². The zero-order valence-electron chi connectivity index (χ0n) is 17.4. The van der Waals surface area contributed by atoms with Crippen molar-refractivity contribution in [1.82, 2.24) is 5.32 Å². The van der Waals surface area contributed by atoms with Crippen LogP contribution in [0.25, 0.3) is 0 Å². The highest BCUT2D eigenvalue weighted by molar-refractivity contribution is 6.12. The largest absolute Gasteiger partial charge is 0.458 e. The van der Waals surface area contributed by atoms with Crippen molar-refractivity contribution in [3.8, 4) is 11.8 Å². The van der Waals surface area contributed by atoms with Crippen LogP contribution in [0.5, 0.6) is 5.75 Å². The fourth-order valence-corrected chi connectivity index (χ4v) is 3.51. The van der Waals surface area contributed by atoms with Gasteiger partial charge in [-0.3, -0.25) is 0 Å². The van der Waals surface area contributed by atoms with Crippen molar-refractivity contribution in [1.29, 1.82) is 5.26 Å². The van der Waals surface area contributed by atoms with E-state index in [9.17, 15) is 0 Å². The molecule has 3 aliphatic rings. The summed E-state index contributed by atoms with van der Waals surface area (Å²) < 4.78 is 11.4. The van der Waals surface area contributed by atoms with E-state index in [1.807, 2.05) is 37.3 Å². The van der Waals surface area contributed by atoms with E-state index >= 15 is 0 Å². The molecule has 1 heterocycles. The number of nitrogens with zero attached hydrogens (tertiary/aromatic N) is 3. The molecule has 1 saturated carbocycles. The first-order valence-electron chi connectivity index (χ1n) is 10.2. The molecule has 1 aliphatic heterocycles. The van der Waals surface area contributed by atoms with Gasteiger partial charge in [-0.25, -0.2) is 9.98 Å². The van der Waals surface area contributed by atoms with Crippen molar-refractivity contribution >= 4 is 12.1 Å². The van der Waals surface area contributed by atoms with Gasteiger partial charge in [0.2, 0.25) is 5.88 Å². The summed E-state index contributed by atoms with van der Waals surface area (Å²) in [5.41, 5.74) is 9.75. The van der Waals surface area contributed by atoms with Crippen molar-refractivity contribution in [3.63, 3.8) is 0 Å². The van der Waals surface area contributed by atoms with Crippen LogP contribution in [0.2, 0.25) is 0 Å². The van der Waals surface area contributed by atoms with Gasteiger partial charge in [-0.2, -0.15) is 5.26 Å². The topological polar surface area (TPSA) is 105 Å². The number of nitrogens with two attached hydrogens (primary N) is 1. The smallest absolute Gasteiger partial charge is 0.212 e. The van der Waals surface area contributed by atoms with E-state index in [0.717, 1.165) is 16.7 Å². The first-order chi connectivity index (χ1) is 15.0. The highest BCUT2D eigenvalue weighted by atomic mass is 16.5. The van der Waals surface area contributed by atoms with Gasteiger partial charge < -0.3 is 20.5 Å². The molecule has 1 aromatic rings. The predicted octanol–water partition coefficient (Wildman–Crippen LogP) is 3.48. The number of ether oxygens (including phenoxy) is 2. The average Bonchev–Trinajstić information content (AvgIpc) is 3.48. The van der Waals surface area contributed by atoms with Crippen molar-refractivity contribution in [2.45, 2.75) is 38.5 Å². The lowest BCUT2D eigenvalue weighted by molar-refractivity contribution is 0.163. The number of hydrogen-bond acceptors (Lipinski definition) is 7. The SMILES string of the molecule is C=C(/N=C1/C=C(C)C=C/C1=C(/N)NC1OC=NC1C1CC1)Oc1ccc(CC#N)cc1. The average molecular weight is 415 g/mol. The Morgan fingerprint density at radius 2 is 2.13 bits per heavy atom. The van der Waals surface area contributed by atoms with Gasteiger partial charge in [0.15, 0.2) is 12.6 Å². The Labute approximate surface area is 182 Å². The van der Waals surface area contributed by atoms with Crippen LogP contribution in [-0.4, -0.2) is 24.4 Å².